The average molecular weight is 252 g/mol. The molecule has 4 N–H and O–H groups in total. The van der Waals surface area contributed by atoms with Crippen LogP contribution >= 0.6 is 0 Å². The minimum absolute atomic E-state index is 0.549. The molecule has 1 rings (SSSR count). The van der Waals surface area contributed by atoms with Crippen LogP contribution in [0.5, 0.6) is 0 Å². The van der Waals surface area contributed by atoms with E-state index < -0.39 is 0 Å². The minimum atomic E-state index is 0.549. The van der Waals surface area contributed by atoms with Crippen molar-refractivity contribution in [2.75, 3.05) is 6.54 Å². The topological polar surface area (TPSA) is 80.3 Å². The molecule has 0 aliphatic carbocycles. The van der Waals surface area contributed by atoms with Crippen LogP contribution in [-0.2, 0) is 20.0 Å². The van der Waals surface area contributed by atoms with Gasteiger partial charge in [-0.25, -0.2) is 10.8 Å². The van der Waals surface area contributed by atoms with Gasteiger partial charge in [-0.15, -0.1) is 0 Å². The monoisotopic (exact) mass is 252 g/mol. The number of nitrogens with zero attached hydrogens (tertiary/aromatic N) is 3. The molecule has 0 bridgehead atoms. The summed E-state index contributed by atoms with van der Waals surface area (Å²) in [5.41, 5.74) is 4.81. The SMILES string of the molecule is CCc1nn(C)cc1CN=C(NN)NCC(C)C. The molecule has 0 atom stereocenters. The summed E-state index contributed by atoms with van der Waals surface area (Å²) in [7, 11) is 1.92. The predicted molar refractivity (Wildman–Crippen MR) is 73.9 cm³/mol. The zero-order valence-corrected chi connectivity index (χ0v) is 11.7. The number of hydrazine groups is 1. The quantitative estimate of drug-likeness (QED) is 0.309. The van der Waals surface area contributed by atoms with Gasteiger partial charge in [-0.3, -0.25) is 10.1 Å². The van der Waals surface area contributed by atoms with Gasteiger partial charge in [-0.2, -0.15) is 5.10 Å². The van der Waals surface area contributed by atoms with Crippen molar-refractivity contribution in [3.63, 3.8) is 0 Å². The maximum absolute atomic E-state index is 5.43. The van der Waals surface area contributed by atoms with Crippen LogP contribution in [0.3, 0.4) is 0 Å². The summed E-state index contributed by atoms with van der Waals surface area (Å²) >= 11 is 0. The first-order chi connectivity index (χ1) is 8.56. The Kier molecular flexibility index (Phi) is 5.64. The van der Waals surface area contributed by atoms with Gasteiger partial charge in [0.05, 0.1) is 12.2 Å². The van der Waals surface area contributed by atoms with Crippen LogP contribution < -0.4 is 16.6 Å². The van der Waals surface area contributed by atoms with E-state index in [9.17, 15) is 0 Å². The molecule has 0 aromatic carbocycles. The van der Waals surface area contributed by atoms with Crippen LogP contribution in [0, 0.1) is 5.92 Å². The van der Waals surface area contributed by atoms with Crippen LogP contribution in [0.1, 0.15) is 32.0 Å². The second kappa shape index (κ2) is 7.00. The Morgan fingerprint density at radius 3 is 2.83 bits per heavy atom. The number of guanidine groups is 1. The van der Waals surface area contributed by atoms with E-state index in [1.165, 1.54) is 0 Å². The highest BCUT2D eigenvalue weighted by Gasteiger charge is 2.05. The van der Waals surface area contributed by atoms with Crippen LogP contribution in [-0.4, -0.2) is 22.3 Å². The van der Waals surface area contributed by atoms with Gasteiger partial charge in [0, 0.05) is 25.4 Å². The molecule has 0 aliphatic heterocycles. The summed E-state index contributed by atoms with van der Waals surface area (Å²) in [6, 6.07) is 0. The van der Waals surface area contributed by atoms with Crippen molar-refractivity contribution in [2.45, 2.75) is 33.7 Å². The van der Waals surface area contributed by atoms with Gasteiger partial charge in [-0.05, 0) is 12.3 Å². The van der Waals surface area contributed by atoms with Gasteiger partial charge in [0.2, 0.25) is 5.96 Å². The summed E-state index contributed by atoms with van der Waals surface area (Å²) in [4.78, 5) is 4.42. The first kappa shape index (κ1) is 14.5. The Morgan fingerprint density at radius 2 is 2.28 bits per heavy atom. The minimum Gasteiger partial charge on any atom is -0.355 e. The number of aryl methyl sites for hydroxylation is 2. The normalized spacial score (nSPS) is 12.0. The second-order valence-electron chi connectivity index (χ2n) is 4.71. The molecule has 18 heavy (non-hydrogen) atoms. The van der Waals surface area contributed by atoms with E-state index >= 15 is 0 Å². The summed E-state index contributed by atoms with van der Waals surface area (Å²) < 4.78 is 1.82. The van der Waals surface area contributed by atoms with Crippen LogP contribution in [0.4, 0.5) is 0 Å². The standard InChI is InChI=1S/C12H24N6/c1-5-11-10(8-18(4)17-11)7-15-12(16-13)14-6-9(2)3/h8-9H,5-7,13H2,1-4H3,(H2,14,15,16). The molecule has 102 valence electrons. The molecule has 1 aromatic rings. The Balaban J connectivity index is 2.64. The Bertz CT molecular complexity index is 393. The highest BCUT2D eigenvalue weighted by Crippen LogP contribution is 2.08. The summed E-state index contributed by atoms with van der Waals surface area (Å²) in [5, 5.41) is 7.55. The van der Waals surface area contributed by atoms with Gasteiger partial charge in [-0.1, -0.05) is 20.8 Å². The second-order valence-corrected chi connectivity index (χ2v) is 4.71. The zero-order valence-electron chi connectivity index (χ0n) is 11.7. The molecule has 1 aromatic heterocycles. The summed E-state index contributed by atoms with van der Waals surface area (Å²) in [6.07, 6.45) is 2.91. The van der Waals surface area contributed by atoms with Gasteiger partial charge in [0.15, 0.2) is 0 Å². The van der Waals surface area contributed by atoms with Crippen molar-refractivity contribution in [1.29, 1.82) is 0 Å². The van der Waals surface area contributed by atoms with Crippen molar-refractivity contribution in [1.82, 2.24) is 20.5 Å². The van der Waals surface area contributed by atoms with E-state index in [0.717, 1.165) is 24.2 Å². The van der Waals surface area contributed by atoms with E-state index in [0.29, 0.717) is 18.4 Å². The van der Waals surface area contributed by atoms with Crippen molar-refractivity contribution in [3.05, 3.63) is 17.5 Å². The smallest absolute Gasteiger partial charge is 0.206 e. The predicted octanol–water partition coefficient (Wildman–Crippen LogP) is 0.547. The van der Waals surface area contributed by atoms with Gasteiger partial charge in [0.25, 0.3) is 0 Å². The van der Waals surface area contributed by atoms with Crippen LogP contribution in [0.2, 0.25) is 0 Å². The molecule has 0 saturated carbocycles. The third kappa shape index (κ3) is 4.37. The fourth-order valence-corrected chi connectivity index (χ4v) is 1.63. The van der Waals surface area contributed by atoms with Crippen LogP contribution in [0.15, 0.2) is 11.2 Å². The highest BCUT2D eigenvalue weighted by atomic mass is 15.3. The number of nitrogens with two attached hydrogens (primary N) is 1. The Labute approximate surface area is 109 Å². The highest BCUT2D eigenvalue weighted by molar-refractivity contribution is 5.79. The maximum Gasteiger partial charge on any atom is 0.206 e. The van der Waals surface area contributed by atoms with Crippen molar-refractivity contribution >= 4 is 5.96 Å². The molecule has 0 saturated heterocycles. The van der Waals surface area contributed by atoms with E-state index in [1.807, 2.05) is 17.9 Å². The summed E-state index contributed by atoms with van der Waals surface area (Å²) in [5.74, 6) is 6.60. The first-order valence-electron chi connectivity index (χ1n) is 6.33. The Hall–Kier alpha value is -1.56. The Morgan fingerprint density at radius 1 is 1.56 bits per heavy atom. The lowest BCUT2D eigenvalue weighted by atomic mass is 10.2. The number of hydrogen-bond acceptors (Lipinski definition) is 3. The fraction of sp³-hybridized carbons (Fsp3) is 0.667. The van der Waals surface area contributed by atoms with E-state index in [4.69, 9.17) is 5.84 Å². The molecular weight excluding hydrogens is 228 g/mol. The number of aromatic nitrogens is 2. The lowest BCUT2D eigenvalue weighted by molar-refractivity contribution is 0.615. The molecule has 0 amide bonds. The molecule has 6 heteroatoms. The molecule has 0 radical (unpaired) electrons. The van der Waals surface area contributed by atoms with Crippen molar-refractivity contribution in [2.24, 2.45) is 23.8 Å². The zero-order chi connectivity index (χ0) is 13.5. The van der Waals surface area contributed by atoms with E-state index in [-0.39, 0.29) is 0 Å². The van der Waals surface area contributed by atoms with Gasteiger partial charge < -0.3 is 5.32 Å². The number of rotatable bonds is 5. The van der Waals surface area contributed by atoms with Crippen molar-refractivity contribution in [3.8, 4) is 0 Å². The molecule has 6 nitrogen and oxygen atoms in total. The number of nitrogens with one attached hydrogen (secondary N) is 2. The molecule has 0 aliphatic rings. The largest absolute Gasteiger partial charge is 0.355 e. The molecule has 0 spiro atoms. The lowest BCUT2D eigenvalue weighted by Gasteiger charge is -2.10. The third-order valence-corrected chi connectivity index (χ3v) is 2.55. The fourth-order valence-electron chi connectivity index (χ4n) is 1.63. The van der Waals surface area contributed by atoms with Crippen LogP contribution in [0.25, 0.3) is 0 Å². The number of hydrogen-bond donors (Lipinski definition) is 3. The lowest BCUT2D eigenvalue weighted by Crippen LogP contribution is -2.42. The first-order valence-corrected chi connectivity index (χ1v) is 6.33. The van der Waals surface area contributed by atoms with E-state index in [1.54, 1.807) is 0 Å². The molecular formula is C12H24N6. The van der Waals surface area contributed by atoms with Gasteiger partial charge in [0.1, 0.15) is 0 Å². The molecule has 1 heterocycles. The third-order valence-electron chi connectivity index (χ3n) is 2.55. The average Bonchev–Trinajstić information content (AvgIpc) is 2.69. The maximum atomic E-state index is 5.43. The number of aliphatic imine (C=N–C) groups is 1. The summed E-state index contributed by atoms with van der Waals surface area (Å²) in [6.45, 7) is 7.79. The molecule has 0 unspecified atom stereocenters. The molecule has 0 fully saturated rings. The van der Waals surface area contributed by atoms with E-state index in [2.05, 4.69) is 41.6 Å². The van der Waals surface area contributed by atoms with Crippen molar-refractivity contribution < 1.29 is 0 Å². The van der Waals surface area contributed by atoms with Gasteiger partial charge >= 0.3 is 0 Å².